The lowest BCUT2D eigenvalue weighted by molar-refractivity contribution is 0.132. The molecule has 2 aromatic rings. The van der Waals surface area contributed by atoms with Crippen molar-refractivity contribution in [2.24, 2.45) is 0 Å². The zero-order valence-electron chi connectivity index (χ0n) is 9.61. The van der Waals surface area contributed by atoms with Gasteiger partial charge in [0.25, 0.3) is 0 Å². The molecule has 0 bridgehead atoms. The molecule has 0 fully saturated rings. The summed E-state index contributed by atoms with van der Waals surface area (Å²) in [7, 11) is 0. The molecule has 1 atom stereocenters. The number of halogens is 2. The molecule has 1 unspecified atom stereocenters. The van der Waals surface area contributed by atoms with Gasteiger partial charge in [-0.25, -0.2) is 9.37 Å². The maximum atomic E-state index is 12.9. The van der Waals surface area contributed by atoms with Gasteiger partial charge in [-0.1, -0.05) is 11.6 Å². The largest absolute Gasteiger partial charge is 0.391 e. The van der Waals surface area contributed by atoms with Crippen molar-refractivity contribution >= 4 is 11.6 Å². The van der Waals surface area contributed by atoms with Crippen LogP contribution >= 0.6 is 11.6 Å². The highest BCUT2D eigenvalue weighted by molar-refractivity contribution is 6.30. The number of aliphatic hydroxyl groups is 1. The number of hydrogen-bond acceptors (Lipinski definition) is 2. The summed E-state index contributed by atoms with van der Waals surface area (Å²) < 4.78 is 14.8. The third-order valence-electron chi connectivity index (χ3n) is 3.23. The summed E-state index contributed by atoms with van der Waals surface area (Å²) in [6.07, 6.45) is 1.05. The molecule has 3 nitrogen and oxygen atoms in total. The van der Waals surface area contributed by atoms with Crippen LogP contribution in [0.3, 0.4) is 0 Å². The average Bonchev–Trinajstić information content (AvgIpc) is 2.67. The molecule has 1 aromatic heterocycles. The Kier molecular flexibility index (Phi) is 2.84. The van der Waals surface area contributed by atoms with Crippen LogP contribution in [0.1, 0.15) is 12.1 Å². The molecule has 94 valence electrons. The molecule has 0 radical (unpaired) electrons. The lowest BCUT2D eigenvalue weighted by Crippen LogP contribution is -2.24. The third-order valence-corrected chi connectivity index (χ3v) is 3.54. The molecule has 1 aliphatic heterocycles. The molecular weight excluding hydrogens is 255 g/mol. The average molecular weight is 267 g/mol. The van der Waals surface area contributed by atoms with Crippen molar-refractivity contribution in [2.45, 2.75) is 25.5 Å². The maximum Gasteiger partial charge on any atom is 0.150 e. The number of imidazole rings is 1. The standard InChI is InChI=1S/C13H12ClFN2O/c14-12-11-6-5-10(18)7-17(11)13(16-12)8-1-3-9(15)4-2-8/h1-4,10,18H,5-7H2. The van der Waals surface area contributed by atoms with Crippen molar-refractivity contribution < 1.29 is 9.50 Å². The van der Waals surface area contributed by atoms with Gasteiger partial charge in [0.2, 0.25) is 0 Å². The summed E-state index contributed by atoms with van der Waals surface area (Å²) >= 11 is 6.10. The predicted octanol–water partition coefficient (Wildman–Crippen LogP) is 2.65. The molecule has 0 aliphatic carbocycles. The van der Waals surface area contributed by atoms with E-state index in [1.165, 1.54) is 12.1 Å². The van der Waals surface area contributed by atoms with Crippen molar-refractivity contribution in [3.8, 4) is 11.4 Å². The van der Waals surface area contributed by atoms with E-state index in [0.717, 1.165) is 11.3 Å². The highest BCUT2D eigenvalue weighted by Gasteiger charge is 2.23. The fourth-order valence-electron chi connectivity index (χ4n) is 2.32. The van der Waals surface area contributed by atoms with Crippen molar-refractivity contribution in [1.82, 2.24) is 9.55 Å². The minimum atomic E-state index is -0.373. The first-order chi connectivity index (χ1) is 8.65. The van der Waals surface area contributed by atoms with Gasteiger partial charge in [-0.3, -0.25) is 0 Å². The van der Waals surface area contributed by atoms with Crippen molar-refractivity contribution in [2.75, 3.05) is 0 Å². The first kappa shape index (κ1) is 11.7. The van der Waals surface area contributed by atoms with E-state index in [1.54, 1.807) is 12.1 Å². The van der Waals surface area contributed by atoms with E-state index in [1.807, 2.05) is 4.57 Å². The lowest BCUT2D eigenvalue weighted by Gasteiger charge is -2.21. The van der Waals surface area contributed by atoms with Crippen LogP contribution in [-0.2, 0) is 13.0 Å². The molecule has 18 heavy (non-hydrogen) atoms. The molecule has 1 aliphatic rings. The second kappa shape index (κ2) is 4.37. The second-order valence-electron chi connectivity index (χ2n) is 4.48. The van der Waals surface area contributed by atoms with Crippen molar-refractivity contribution in [3.63, 3.8) is 0 Å². The van der Waals surface area contributed by atoms with Crippen molar-refractivity contribution in [1.29, 1.82) is 0 Å². The minimum Gasteiger partial charge on any atom is -0.391 e. The van der Waals surface area contributed by atoms with Gasteiger partial charge in [0.05, 0.1) is 18.3 Å². The predicted molar refractivity (Wildman–Crippen MR) is 67.0 cm³/mol. The smallest absolute Gasteiger partial charge is 0.150 e. The Labute approximate surface area is 109 Å². The fraction of sp³-hybridized carbons (Fsp3) is 0.308. The molecule has 3 rings (SSSR count). The summed E-state index contributed by atoms with van der Waals surface area (Å²) in [6, 6.07) is 6.12. The van der Waals surface area contributed by atoms with Crippen LogP contribution in [0.4, 0.5) is 4.39 Å². The fourth-order valence-corrected chi connectivity index (χ4v) is 2.59. The first-order valence-electron chi connectivity index (χ1n) is 5.84. The van der Waals surface area contributed by atoms with E-state index in [0.29, 0.717) is 30.4 Å². The normalized spacial score (nSPS) is 18.7. The summed E-state index contributed by atoms with van der Waals surface area (Å²) in [5.74, 6) is 0.407. The number of aliphatic hydroxyl groups excluding tert-OH is 1. The zero-order chi connectivity index (χ0) is 12.7. The number of fused-ring (bicyclic) bond motifs is 1. The highest BCUT2D eigenvalue weighted by atomic mass is 35.5. The van der Waals surface area contributed by atoms with E-state index < -0.39 is 0 Å². The Morgan fingerprint density at radius 3 is 2.78 bits per heavy atom. The van der Waals surface area contributed by atoms with Gasteiger partial charge in [-0.05, 0) is 37.1 Å². The molecule has 0 saturated heterocycles. The molecule has 5 heteroatoms. The highest BCUT2D eigenvalue weighted by Crippen LogP contribution is 2.30. The van der Waals surface area contributed by atoms with Crippen LogP contribution in [-0.4, -0.2) is 20.8 Å². The second-order valence-corrected chi connectivity index (χ2v) is 4.84. The van der Waals surface area contributed by atoms with Crippen LogP contribution in [0.15, 0.2) is 24.3 Å². The van der Waals surface area contributed by atoms with Gasteiger partial charge in [0, 0.05) is 5.56 Å². The van der Waals surface area contributed by atoms with Gasteiger partial charge in [0.1, 0.15) is 11.6 Å². The quantitative estimate of drug-likeness (QED) is 0.862. The third kappa shape index (κ3) is 1.91. The van der Waals surface area contributed by atoms with Gasteiger partial charge in [-0.2, -0.15) is 0 Å². The molecule has 1 aromatic carbocycles. The Hall–Kier alpha value is -1.39. The van der Waals surface area contributed by atoms with Crippen LogP contribution < -0.4 is 0 Å². The molecule has 1 N–H and O–H groups in total. The monoisotopic (exact) mass is 266 g/mol. The molecule has 2 heterocycles. The van der Waals surface area contributed by atoms with E-state index in [9.17, 15) is 9.50 Å². The number of benzene rings is 1. The topological polar surface area (TPSA) is 38.1 Å². The van der Waals surface area contributed by atoms with E-state index in [-0.39, 0.29) is 11.9 Å². The number of rotatable bonds is 1. The lowest BCUT2D eigenvalue weighted by atomic mass is 10.1. The Balaban J connectivity index is 2.10. The zero-order valence-corrected chi connectivity index (χ0v) is 10.4. The van der Waals surface area contributed by atoms with Crippen LogP contribution in [0.25, 0.3) is 11.4 Å². The van der Waals surface area contributed by atoms with Gasteiger partial charge < -0.3 is 9.67 Å². The maximum absolute atomic E-state index is 12.9. The molecule has 0 saturated carbocycles. The van der Waals surface area contributed by atoms with Gasteiger partial charge in [0.15, 0.2) is 5.15 Å². The number of aromatic nitrogens is 2. The Morgan fingerprint density at radius 2 is 2.06 bits per heavy atom. The van der Waals surface area contributed by atoms with Gasteiger partial charge in [-0.15, -0.1) is 0 Å². The van der Waals surface area contributed by atoms with E-state index >= 15 is 0 Å². The molecule has 0 spiro atoms. The minimum absolute atomic E-state index is 0.282. The van der Waals surface area contributed by atoms with Crippen molar-refractivity contribution in [3.05, 3.63) is 40.9 Å². The number of hydrogen-bond donors (Lipinski definition) is 1. The van der Waals surface area contributed by atoms with Crippen LogP contribution in [0, 0.1) is 5.82 Å². The summed E-state index contributed by atoms with van der Waals surface area (Å²) in [6.45, 7) is 0.488. The molecule has 0 amide bonds. The number of nitrogens with zero attached hydrogens (tertiary/aromatic N) is 2. The van der Waals surface area contributed by atoms with E-state index in [4.69, 9.17) is 11.6 Å². The SMILES string of the molecule is OC1CCc2c(Cl)nc(-c3ccc(F)cc3)n2C1. The summed E-state index contributed by atoms with van der Waals surface area (Å²) in [5.41, 5.74) is 1.75. The summed E-state index contributed by atoms with van der Waals surface area (Å²) in [5, 5.41) is 10.2. The molecular formula is C13H12ClFN2O. The van der Waals surface area contributed by atoms with Crippen LogP contribution in [0.2, 0.25) is 5.15 Å². The summed E-state index contributed by atoms with van der Waals surface area (Å²) in [4.78, 5) is 4.32. The van der Waals surface area contributed by atoms with Crippen LogP contribution in [0.5, 0.6) is 0 Å². The first-order valence-corrected chi connectivity index (χ1v) is 6.22. The Bertz CT molecular complexity index is 579. The Morgan fingerprint density at radius 1 is 1.33 bits per heavy atom. The van der Waals surface area contributed by atoms with Gasteiger partial charge >= 0.3 is 0 Å². The van der Waals surface area contributed by atoms with E-state index in [2.05, 4.69) is 4.98 Å².